The quantitative estimate of drug-likeness (QED) is 0.762. The van der Waals surface area contributed by atoms with Gasteiger partial charge in [-0.2, -0.15) is 5.01 Å². The Balaban J connectivity index is 1.63. The monoisotopic (exact) mass is 368 g/mol. The van der Waals surface area contributed by atoms with Gasteiger partial charge in [0, 0.05) is 0 Å². The van der Waals surface area contributed by atoms with Gasteiger partial charge in [0.05, 0.1) is 6.04 Å². The second-order valence-corrected chi connectivity index (χ2v) is 6.28. The zero-order valence-corrected chi connectivity index (χ0v) is 15.4. The minimum absolute atomic E-state index is 0.0860. The first-order chi connectivity index (χ1) is 13.3. The van der Waals surface area contributed by atoms with Crippen LogP contribution < -0.4 is 0 Å². The molecule has 27 heavy (non-hydrogen) atoms. The summed E-state index contributed by atoms with van der Waals surface area (Å²) in [6, 6.07) is 19.1. The van der Waals surface area contributed by atoms with Crippen LogP contribution in [0, 0.1) is 0 Å². The van der Waals surface area contributed by atoms with Crippen molar-refractivity contribution < 1.29 is 19.0 Å². The van der Waals surface area contributed by atoms with Gasteiger partial charge in [0.15, 0.2) is 0 Å². The largest absolute Gasteiger partial charge is 0.447 e. The molecule has 1 heterocycles. The first-order valence-corrected chi connectivity index (χ1v) is 9.14. The summed E-state index contributed by atoms with van der Waals surface area (Å²) in [6.45, 7) is 2.91. The van der Waals surface area contributed by atoms with Crippen molar-refractivity contribution in [1.29, 1.82) is 0 Å². The van der Waals surface area contributed by atoms with Crippen LogP contribution in [0.4, 0.5) is 4.79 Å². The molecule has 0 radical (unpaired) electrons. The van der Waals surface area contributed by atoms with Gasteiger partial charge in [-0.1, -0.05) is 79.1 Å². The highest BCUT2D eigenvalue weighted by molar-refractivity contribution is 5.73. The van der Waals surface area contributed by atoms with Gasteiger partial charge in [-0.3, -0.25) is 0 Å². The van der Waals surface area contributed by atoms with E-state index in [2.05, 4.69) is 12.0 Å². The molecule has 1 aliphatic heterocycles. The van der Waals surface area contributed by atoms with E-state index in [0.717, 1.165) is 24.0 Å². The van der Waals surface area contributed by atoms with E-state index in [4.69, 9.17) is 14.2 Å². The van der Waals surface area contributed by atoms with E-state index in [-0.39, 0.29) is 18.7 Å². The second kappa shape index (κ2) is 9.62. The van der Waals surface area contributed by atoms with Crippen molar-refractivity contribution in [3.63, 3.8) is 0 Å². The summed E-state index contributed by atoms with van der Waals surface area (Å²) < 4.78 is 16.6. The smallest absolute Gasteiger partial charge is 0.431 e. The van der Waals surface area contributed by atoms with Gasteiger partial charge >= 0.3 is 12.2 Å². The SMILES string of the molecule is CCCC1COC(OCc2ccccc2)=NN1C(=O)OCc1ccccc1. The number of rotatable bonds is 6. The molecule has 1 amide bonds. The van der Waals surface area contributed by atoms with Crippen LogP contribution in [0.5, 0.6) is 0 Å². The van der Waals surface area contributed by atoms with Crippen molar-refractivity contribution in [2.45, 2.75) is 39.0 Å². The van der Waals surface area contributed by atoms with Crippen molar-refractivity contribution >= 4 is 12.2 Å². The van der Waals surface area contributed by atoms with Crippen LogP contribution in [0.2, 0.25) is 0 Å². The van der Waals surface area contributed by atoms with Gasteiger partial charge in [0.25, 0.3) is 0 Å². The van der Waals surface area contributed by atoms with Crippen molar-refractivity contribution in [2.24, 2.45) is 5.10 Å². The molecule has 6 heteroatoms. The third kappa shape index (κ3) is 5.48. The Bertz CT molecular complexity index is 749. The Kier molecular flexibility index (Phi) is 6.68. The molecular weight excluding hydrogens is 344 g/mol. The first kappa shape index (κ1) is 18.8. The van der Waals surface area contributed by atoms with Crippen LogP contribution in [-0.4, -0.2) is 29.8 Å². The lowest BCUT2D eigenvalue weighted by molar-refractivity contribution is 0.0276. The van der Waals surface area contributed by atoms with Crippen LogP contribution in [-0.2, 0) is 27.4 Å². The average Bonchev–Trinajstić information content (AvgIpc) is 2.73. The lowest BCUT2D eigenvalue weighted by Gasteiger charge is -2.30. The van der Waals surface area contributed by atoms with Crippen molar-refractivity contribution in [1.82, 2.24) is 5.01 Å². The fraction of sp³-hybridized carbons (Fsp3) is 0.333. The Hall–Kier alpha value is -3.02. The van der Waals surface area contributed by atoms with Gasteiger partial charge < -0.3 is 14.2 Å². The summed E-state index contributed by atoms with van der Waals surface area (Å²) in [5.41, 5.74) is 1.92. The van der Waals surface area contributed by atoms with Gasteiger partial charge in [0.2, 0.25) is 0 Å². The zero-order valence-electron chi connectivity index (χ0n) is 15.4. The van der Waals surface area contributed by atoms with E-state index in [1.165, 1.54) is 5.01 Å². The molecule has 142 valence electrons. The highest BCUT2D eigenvalue weighted by Crippen LogP contribution is 2.17. The van der Waals surface area contributed by atoms with E-state index < -0.39 is 6.09 Å². The third-order valence-corrected chi connectivity index (χ3v) is 4.15. The maximum absolute atomic E-state index is 12.6. The molecule has 2 aromatic rings. The van der Waals surface area contributed by atoms with E-state index in [1.807, 2.05) is 60.7 Å². The molecule has 0 saturated heterocycles. The maximum Gasteiger partial charge on any atom is 0.431 e. The molecule has 1 atom stereocenters. The molecule has 0 spiro atoms. The van der Waals surface area contributed by atoms with Crippen LogP contribution in [0.1, 0.15) is 30.9 Å². The fourth-order valence-electron chi connectivity index (χ4n) is 2.74. The standard InChI is InChI=1S/C21H24N2O4/c1-2-9-19-16-26-20(25-14-17-10-5-3-6-11-17)22-23(19)21(24)27-15-18-12-7-4-8-13-18/h3-8,10-13,19H,2,9,14-16H2,1H3. The molecule has 0 aromatic heterocycles. The topological polar surface area (TPSA) is 60.4 Å². The Morgan fingerprint density at radius 2 is 1.70 bits per heavy atom. The zero-order chi connectivity index (χ0) is 18.9. The Morgan fingerprint density at radius 1 is 1.07 bits per heavy atom. The number of hydrogen-bond acceptors (Lipinski definition) is 5. The summed E-state index contributed by atoms with van der Waals surface area (Å²) in [7, 11) is 0. The predicted octanol–water partition coefficient (Wildman–Crippen LogP) is 4.31. The number of carbonyl (C=O) groups is 1. The molecule has 6 nitrogen and oxygen atoms in total. The predicted molar refractivity (Wildman–Crippen MR) is 102 cm³/mol. The van der Waals surface area contributed by atoms with Gasteiger partial charge in [-0.25, -0.2) is 4.79 Å². The van der Waals surface area contributed by atoms with Crippen LogP contribution in [0.3, 0.4) is 0 Å². The van der Waals surface area contributed by atoms with E-state index in [9.17, 15) is 4.79 Å². The molecule has 0 N–H and O–H groups in total. The van der Waals surface area contributed by atoms with Crippen LogP contribution in [0.25, 0.3) is 0 Å². The maximum atomic E-state index is 12.6. The molecule has 1 unspecified atom stereocenters. The molecule has 0 aliphatic carbocycles. The molecule has 3 rings (SSSR count). The van der Waals surface area contributed by atoms with Gasteiger partial charge in [-0.15, -0.1) is 0 Å². The first-order valence-electron chi connectivity index (χ1n) is 9.14. The van der Waals surface area contributed by atoms with E-state index >= 15 is 0 Å². The molecule has 0 saturated carbocycles. The number of nitrogens with zero attached hydrogens (tertiary/aromatic N) is 2. The number of amides is 1. The van der Waals surface area contributed by atoms with Crippen LogP contribution >= 0.6 is 0 Å². The average molecular weight is 368 g/mol. The number of hydrogen-bond donors (Lipinski definition) is 0. The summed E-state index contributed by atoms with van der Waals surface area (Å²) in [6.07, 6.45) is 1.27. The molecule has 0 bridgehead atoms. The second-order valence-electron chi connectivity index (χ2n) is 6.28. The number of hydrazone groups is 1. The van der Waals surface area contributed by atoms with E-state index in [0.29, 0.717) is 13.2 Å². The normalized spacial score (nSPS) is 16.3. The highest BCUT2D eigenvalue weighted by Gasteiger charge is 2.31. The van der Waals surface area contributed by atoms with E-state index in [1.54, 1.807) is 0 Å². The minimum Gasteiger partial charge on any atom is -0.447 e. The van der Waals surface area contributed by atoms with Gasteiger partial charge in [0.1, 0.15) is 19.8 Å². The molecule has 2 aromatic carbocycles. The van der Waals surface area contributed by atoms with Crippen LogP contribution in [0.15, 0.2) is 65.8 Å². The Morgan fingerprint density at radius 3 is 2.33 bits per heavy atom. The minimum atomic E-state index is -0.499. The molecule has 1 aliphatic rings. The third-order valence-electron chi connectivity index (χ3n) is 4.15. The molecule has 0 fully saturated rings. The summed E-state index contributed by atoms with van der Waals surface area (Å²) >= 11 is 0. The number of benzene rings is 2. The fourth-order valence-corrected chi connectivity index (χ4v) is 2.74. The van der Waals surface area contributed by atoms with Crippen molar-refractivity contribution in [3.8, 4) is 0 Å². The highest BCUT2D eigenvalue weighted by atomic mass is 16.7. The molecular formula is C21H24N2O4. The van der Waals surface area contributed by atoms with Crippen molar-refractivity contribution in [3.05, 3.63) is 71.8 Å². The van der Waals surface area contributed by atoms with Crippen molar-refractivity contribution in [2.75, 3.05) is 6.61 Å². The van der Waals surface area contributed by atoms with Gasteiger partial charge in [-0.05, 0) is 17.5 Å². The Labute approximate surface area is 159 Å². The summed E-state index contributed by atoms with van der Waals surface area (Å²) in [5.74, 6) is 0. The number of carbonyl (C=O) groups excluding carboxylic acids is 1. The summed E-state index contributed by atoms with van der Waals surface area (Å²) in [4.78, 5) is 12.6. The summed E-state index contributed by atoms with van der Waals surface area (Å²) in [5, 5.41) is 5.58. The number of ether oxygens (including phenoxy) is 3. The lowest BCUT2D eigenvalue weighted by atomic mass is 10.2. The lowest BCUT2D eigenvalue weighted by Crippen LogP contribution is -2.44.